The highest BCUT2D eigenvalue weighted by molar-refractivity contribution is 7.13. The Morgan fingerprint density at radius 1 is 0.554 bits per heavy atom. The first-order chi connectivity index (χ1) is 36.1. The number of halogens is 3. The van der Waals surface area contributed by atoms with Gasteiger partial charge in [-0.25, -0.2) is 14.4 Å². The molecule has 0 spiro atoms. The first-order valence-electron chi connectivity index (χ1n) is 23.2. The summed E-state index contributed by atoms with van der Waals surface area (Å²) in [4.78, 5) is 44.8. The van der Waals surface area contributed by atoms with E-state index in [-0.39, 0.29) is 18.1 Å². The van der Waals surface area contributed by atoms with Crippen molar-refractivity contribution in [3.8, 4) is 39.2 Å². The number of H-pyrrole nitrogens is 3. The molecule has 3 aliphatic heterocycles. The van der Waals surface area contributed by atoms with E-state index in [1.165, 1.54) is 11.3 Å². The number of fused-ring (bicyclic) bond motifs is 3. The summed E-state index contributed by atoms with van der Waals surface area (Å²) in [5, 5.41) is 50.3. The van der Waals surface area contributed by atoms with Crippen molar-refractivity contribution >= 4 is 104 Å². The number of aromatic amines is 3. The maximum Gasteiger partial charge on any atom is 0.322 e. The van der Waals surface area contributed by atoms with Crippen LogP contribution in [0.2, 0.25) is 15.1 Å². The molecule has 22 heteroatoms. The van der Waals surface area contributed by atoms with E-state index >= 15 is 0 Å². The summed E-state index contributed by atoms with van der Waals surface area (Å²) in [5.41, 5.74) is 13.0. The Balaban J connectivity index is 0.000000127. The predicted molar refractivity (Wildman–Crippen MR) is 294 cm³/mol. The van der Waals surface area contributed by atoms with E-state index in [9.17, 15) is 19.6 Å². The predicted octanol–water partition coefficient (Wildman–Crippen LogP) is 13.0. The highest BCUT2D eigenvalue weighted by atomic mass is 35.5. The van der Waals surface area contributed by atoms with Crippen LogP contribution in [-0.4, -0.2) is 83.0 Å². The van der Waals surface area contributed by atoms with E-state index in [0.29, 0.717) is 82.7 Å². The first kappa shape index (κ1) is 50.1. The van der Waals surface area contributed by atoms with Crippen LogP contribution in [0.4, 0.5) is 31.4 Å². The number of anilines is 3. The van der Waals surface area contributed by atoms with Gasteiger partial charge in [0.2, 0.25) is 0 Å². The molecule has 6 aromatic heterocycles. The number of thiophene rings is 3. The lowest BCUT2D eigenvalue weighted by Crippen LogP contribution is -2.38. The molecule has 0 aliphatic carbocycles. The third-order valence-corrected chi connectivity index (χ3v) is 15.5. The third kappa shape index (κ3) is 11.5. The number of carbonyl (C=O) groups excluding carboxylic acids is 3. The van der Waals surface area contributed by atoms with Gasteiger partial charge < -0.3 is 30.7 Å². The molecule has 3 aromatic carbocycles. The zero-order valence-electron chi connectivity index (χ0n) is 39.1. The molecular weight excluding hydrogens is 1060 g/mol. The number of hydrogen-bond donors (Lipinski definition) is 6. The van der Waals surface area contributed by atoms with Gasteiger partial charge in [-0.15, -0.1) is 22.7 Å². The Morgan fingerprint density at radius 3 is 1.47 bits per heavy atom. The van der Waals surface area contributed by atoms with Crippen LogP contribution < -0.4 is 16.0 Å². The molecule has 0 atom stereocenters. The summed E-state index contributed by atoms with van der Waals surface area (Å²) in [6.45, 7) is 3.44. The van der Waals surface area contributed by atoms with Crippen molar-refractivity contribution in [1.82, 2.24) is 45.3 Å². The molecule has 12 rings (SSSR count). The van der Waals surface area contributed by atoms with Gasteiger partial charge in [0.15, 0.2) is 0 Å². The smallest absolute Gasteiger partial charge is 0.320 e. The molecule has 6 amide bonds. The summed E-state index contributed by atoms with van der Waals surface area (Å²) in [5.74, 6) is 0. The van der Waals surface area contributed by atoms with E-state index in [1.54, 1.807) is 85.9 Å². The van der Waals surface area contributed by atoms with Gasteiger partial charge >= 0.3 is 18.1 Å². The Hall–Kier alpha value is -7.44. The largest absolute Gasteiger partial charge is 0.322 e. The van der Waals surface area contributed by atoms with Gasteiger partial charge in [0.25, 0.3) is 0 Å². The van der Waals surface area contributed by atoms with Gasteiger partial charge in [0.05, 0.1) is 35.9 Å². The van der Waals surface area contributed by atoms with Crippen molar-refractivity contribution in [3.05, 3.63) is 172 Å². The fourth-order valence-corrected chi connectivity index (χ4v) is 11.4. The number of benzene rings is 3. The van der Waals surface area contributed by atoms with E-state index in [4.69, 9.17) is 34.8 Å². The fraction of sp³-hybridized carbons (Fsp3) is 0.173. The van der Waals surface area contributed by atoms with Crippen LogP contribution in [0.3, 0.4) is 0 Å². The number of amides is 6. The van der Waals surface area contributed by atoms with Crippen LogP contribution in [0.25, 0.3) is 33.1 Å². The van der Waals surface area contributed by atoms with Crippen LogP contribution >= 0.6 is 68.8 Å². The number of urea groups is 3. The van der Waals surface area contributed by atoms with Crippen LogP contribution in [0.5, 0.6) is 0 Å². The number of rotatable bonds is 6. The Bertz CT molecular complexity index is 3340. The molecule has 0 radical (unpaired) electrons. The van der Waals surface area contributed by atoms with Crippen LogP contribution in [0, 0.1) is 11.3 Å². The van der Waals surface area contributed by atoms with Crippen molar-refractivity contribution in [1.29, 1.82) is 5.26 Å². The number of hydrogen-bond acceptors (Lipinski definition) is 10. The summed E-state index contributed by atoms with van der Waals surface area (Å²) < 4.78 is 0. The van der Waals surface area contributed by atoms with Gasteiger partial charge in [-0.2, -0.15) is 31.9 Å². The average Bonchev–Trinajstić information content (AvgIpc) is 4.27. The topological polar surface area (TPSA) is 207 Å². The molecule has 0 fully saturated rings. The lowest BCUT2D eigenvalue weighted by Gasteiger charge is -2.27. The number of nitrogens with zero attached hydrogens (tertiary/aromatic N) is 7. The Kier molecular flexibility index (Phi) is 15.4. The third-order valence-electron chi connectivity index (χ3n) is 12.5. The van der Waals surface area contributed by atoms with Crippen LogP contribution in [-0.2, 0) is 38.9 Å². The number of aromatic nitrogens is 6. The fourth-order valence-electron chi connectivity index (χ4n) is 8.77. The van der Waals surface area contributed by atoms with Crippen molar-refractivity contribution in [2.75, 3.05) is 35.6 Å². The number of nitriles is 1. The van der Waals surface area contributed by atoms with Gasteiger partial charge in [-0.3, -0.25) is 15.3 Å². The van der Waals surface area contributed by atoms with Crippen molar-refractivity contribution < 1.29 is 14.4 Å². The molecule has 374 valence electrons. The Morgan fingerprint density at radius 2 is 1.03 bits per heavy atom. The molecule has 6 N–H and O–H groups in total. The van der Waals surface area contributed by atoms with Gasteiger partial charge in [-0.05, 0) is 88.9 Å². The normalized spacial score (nSPS) is 13.5. The summed E-state index contributed by atoms with van der Waals surface area (Å²) in [6.07, 6.45) is 2.24. The van der Waals surface area contributed by atoms with E-state index < -0.39 is 0 Å². The molecule has 0 unspecified atom stereocenters. The van der Waals surface area contributed by atoms with Crippen LogP contribution in [0.15, 0.2) is 119 Å². The minimum absolute atomic E-state index is 0.124. The summed E-state index contributed by atoms with van der Waals surface area (Å²) in [7, 11) is 0. The summed E-state index contributed by atoms with van der Waals surface area (Å²) >= 11 is 22.6. The number of nitrogens with one attached hydrogen (secondary N) is 6. The van der Waals surface area contributed by atoms with Crippen molar-refractivity contribution in [3.63, 3.8) is 0 Å². The minimum Gasteiger partial charge on any atom is -0.320 e. The maximum absolute atomic E-state index is 12.6. The van der Waals surface area contributed by atoms with Gasteiger partial charge in [0, 0.05) is 121 Å². The van der Waals surface area contributed by atoms with Crippen LogP contribution in [0.1, 0.15) is 38.6 Å². The van der Waals surface area contributed by atoms with E-state index in [1.807, 2.05) is 64.7 Å². The second-order valence-electron chi connectivity index (χ2n) is 17.2. The molecule has 9 aromatic rings. The lowest BCUT2D eigenvalue weighted by atomic mass is 10.0. The molecule has 0 saturated carbocycles. The molecular formula is C52H44Cl3N13O3S3. The molecule has 16 nitrogen and oxygen atoms in total. The zero-order valence-corrected chi connectivity index (χ0v) is 43.8. The summed E-state index contributed by atoms with van der Waals surface area (Å²) in [6, 6.07) is 31.2. The average molecular weight is 1100 g/mol. The van der Waals surface area contributed by atoms with Gasteiger partial charge in [-0.1, -0.05) is 59.1 Å². The first-order valence-corrected chi connectivity index (χ1v) is 27.1. The highest BCUT2D eigenvalue weighted by Gasteiger charge is 2.29. The zero-order chi connectivity index (χ0) is 51.1. The lowest BCUT2D eigenvalue weighted by molar-refractivity contribution is 0.205. The highest BCUT2D eigenvalue weighted by Crippen LogP contribution is 2.35. The van der Waals surface area contributed by atoms with Crippen molar-refractivity contribution in [2.24, 2.45) is 0 Å². The molecule has 74 heavy (non-hydrogen) atoms. The monoisotopic (exact) mass is 1100 g/mol. The van der Waals surface area contributed by atoms with Crippen molar-refractivity contribution in [2.45, 2.75) is 38.9 Å². The number of carbonyl (C=O) groups is 3. The second kappa shape index (κ2) is 22.8. The molecule has 3 aliphatic rings. The quantitative estimate of drug-likeness (QED) is 0.0949. The second-order valence-corrected chi connectivity index (χ2v) is 21.1. The Labute approximate surface area is 451 Å². The maximum atomic E-state index is 12.6. The SMILES string of the molecule is N#Cc1sccc1-c1n[nH]c2c1CN(C(=O)Nc1cccc(Cl)c1)CC2.O=C(Nc1cccc(Cl)c1)N1CCc2[nH]nc(-c3cccs3)c2C1.O=C(Nc1cccc(Cl)c1)N1CCc2[nH]nc(-c3ccsc3)c2C1. The standard InChI is InChI=1S/C18H14ClN5OS.2C17H15ClN4OS/c19-11-2-1-3-12(8-11)21-18(25)24-6-4-15-14(10-24)17(23-22-15)13-5-7-26-16(13)9-20;18-11-3-1-4-12(9-11)19-17(23)22-7-6-14-13(10-22)16(21-20-14)15-5-2-8-24-15;18-12-2-1-3-13(8-12)19-17(23)22-6-4-15-14(9-22)16(21-20-15)11-5-7-24-10-11/h1-3,5,7-8H,4,6,10H2,(H,21,25)(H,22,23);1-5,8-9H,6-7,10H2,(H,19,23)(H,20,21);1-3,5,7-8,10H,4,6,9H2,(H,19,23)(H,20,21). The molecule has 9 heterocycles. The minimum atomic E-state index is -0.184. The molecule has 0 bridgehead atoms. The van der Waals surface area contributed by atoms with Gasteiger partial charge in [0.1, 0.15) is 16.6 Å². The van der Waals surface area contributed by atoms with E-state index in [2.05, 4.69) is 58.0 Å². The molecule has 0 saturated heterocycles. The van der Waals surface area contributed by atoms with E-state index in [0.717, 1.165) is 79.7 Å².